The van der Waals surface area contributed by atoms with E-state index in [-0.39, 0.29) is 23.7 Å². The lowest BCUT2D eigenvalue weighted by atomic mass is 9.97. The van der Waals surface area contributed by atoms with Crippen molar-refractivity contribution in [2.24, 2.45) is 7.05 Å². The average molecular weight is 341 g/mol. The van der Waals surface area contributed by atoms with E-state index in [2.05, 4.69) is 10.6 Å². The number of rotatable bonds is 3. The number of carbonyl (C=O) groups excluding carboxylic acids is 1. The summed E-state index contributed by atoms with van der Waals surface area (Å²) in [6, 6.07) is 11.5. The Bertz CT molecular complexity index is 801. The molecule has 1 aliphatic rings. The molecular formula is C19H23N3O3. The first-order valence-electron chi connectivity index (χ1n) is 8.45. The fourth-order valence-electron chi connectivity index (χ4n) is 3.03. The minimum absolute atomic E-state index is 0.00632. The van der Waals surface area contributed by atoms with Gasteiger partial charge < -0.3 is 19.9 Å². The number of pyridine rings is 1. The van der Waals surface area contributed by atoms with Gasteiger partial charge in [0.2, 0.25) is 0 Å². The van der Waals surface area contributed by atoms with Gasteiger partial charge in [0.05, 0.1) is 6.10 Å². The first-order chi connectivity index (χ1) is 12.0. The van der Waals surface area contributed by atoms with Crippen LogP contribution in [0.4, 0.5) is 10.5 Å². The van der Waals surface area contributed by atoms with Gasteiger partial charge in [0.25, 0.3) is 5.56 Å². The van der Waals surface area contributed by atoms with E-state index >= 15 is 0 Å². The third kappa shape index (κ3) is 4.09. The van der Waals surface area contributed by atoms with E-state index in [1.807, 2.05) is 30.3 Å². The molecule has 1 aliphatic heterocycles. The molecule has 6 nitrogen and oxygen atoms in total. The maximum absolute atomic E-state index is 12.3. The number of hydrogen-bond donors (Lipinski definition) is 2. The second-order valence-electron chi connectivity index (χ2n) is 6.38. The largest absolute Gasteiger partial charge is 0.373 e. The van der Waals surface area contributed by atoms with Gasteiger partial charge in [0, 0.05) is 25.9 Å². The van der Waals surface area contributed by atoms with Gasteiger partial charge in [-0.2, -0.15) is 0 Å². The van der Waals surface area contributed by atoms with E-state index in [0.29, 0.717) is 18.7 Å². The van der Waals surface area contributed by atoms with Crippen molar-refractivity contribution in [3.05, 3.63) is 64.1 Å². The molecule has 2 N–H and O–H groups in total. The van der Waals surface area contributed by atoms with Gasteiger partial charge in [-0.1, -0.05) is 30.3 Å². The zero-order valence-electron chi connectivity index (χ0n) is 14.5. The second-order valence-corrected chi connectivity index (χ2v) is 6.38. The summed E-state index contributed by atoms with van der Waals surface area (Å²) in [6.45, 7) is 2.40. The van der Waals surface area contributed by atoms with E-state index in [0.717, 1.165) is 17.5 Å². The van der Waals surface area contributed by atoms with Gasteiger partial charge in [-0.3, -0.25) is 4.79 Å². The number of amides is 2. The summed E-state index contributed by atoms with van der Waals surface area (Å²) >= 11 is 0. The Morgan fingerprint density at radius 3 is 2.76 bits per heavy atom. The third-order valence-corrected chi connectivity index (χ3v) is 4.51. The molecule has 2 amide bonds. The Morgan fingerprint density at radius 2 is 2.00 bits per heavy atom. The first kappa shape index (κ1) is 17.2. The smallest absolute Gasteiger partial charge is 0.319 e. The number of nitrogens with zero attached hydrogens (tertiary/aromatic N) is 1. The van der Waals surface area contributed by atoms with Crippen LogP contribution in [-0.2, 0) is 11.8 Å². The molecule has 1 aromatic heterocycles. The molecule has 0 unspecified atom stereocenters. The fourth-order valence-corrected chi connectivity index (χ4v) is 3.03. The fraction of sp³-hybridized carbons (Fsp3) is 0.368. The number of nitrogens with one attached hydrogen (secondary N) is 2. The highest BCUT2D eigenvalue weighted by molar-refractivity contribution is 5.90. The van der Waals surface area contributed by atoms with Crippen LogP contribution in [0.25, 0.3) is 0 Å². The van der Waals surface area contributed by atoms with Crippen molar-refractivity contribution in [2.45, 2.75) is 31.9 Å². The molecule has 3 rings (SSSR count). The summed E-state index contributed by atoms with van der Waals surface area (Å²) in [5.74, 6) is 0. The number of aromatic nitrogens is 1. The molecule has 0 spiro atoms. The zero-order valence-corrected chi connectivity index (χ0v) is 14.5. The minimum Gasteiger partial charge on any atom is -0.373 e. The van der Waals surface area contributed by atoms with Crippen LogP contribution in [0.15, 0.2) is 47.4 Å². The van der Waals surface area contributed by atoms with E-state index in [4.69, 9.17) is 4.74 Å². The van der Waals surface area contributed by atoms with Crippen molar-refractivity contribution < 1.29 is 9.53 Å². The normalized spacial score (nSPS) is 20.1. The summed E-state index contributed by atoms with van der Waals surface area (Å²) in [4.78, 5) is 24.5. The molecule has 6 heteroatoms. The van der Waals surface area contributed by atoms with Crippen molar-refractivity contribution in [1.82, 2.24) is 9.88 Å². The van der Waals surface area contributed by atoms with Crippen LogP contribution in [0.2, 0.25) is 0 Å². The molecule has 2 aromatic rings. The number of aryl methyl sites for hydroxylation is 2. The SMILES string of the molecule is Cc1ccn(C)c(=O)c1NC(=O)N[C@H]1CCO[C@@H](c2ccccc2)C1. The van der Waals surface area contributed by atoms with Gasteiger partial charge in [0.15, 0.2) is 0 Å². The minimum atomic E-state index is -0.356. The molecule has 132 valence electrons. The van der Waals surface area contributed by atoms with Gasteiger partial charge in [-0.25, -0.2) is 4.79 Å². The van der Waals surface area contributed by atoms with Gasteiger partial charge in [0.1, 0.15) is 5.69 Å². The Labute approximate surface area is 146 Å². The Morgan fingerprint density at radius 1 is 1.24 bits per heavy atom. The molecule has 0 radical (unpaired) electrons. The standard InChI is InChI=1S/C19H23N3O3/c1-13-8-10-22(2)18(23)17(13)21-19(24)20-15-9-11-25-16(12-15)14-6-4-3-5-7-14/h3-8,10,15-16H,9,11-12H2,1-2H3,(H2,20,21,24)/t15-,16+/m0/s1. The number of anilines is 1. The lowest BCUT2D eigenvalue weighted by Gasteiger charge is -2.30. The summed E-state index contributed by atoms with van der Waals surface area (Å²) in [7, 11) is 1.66. The third-order valence-electron chi connectivity index (χ3n) is 4.51. The number of urea groups is 1. The topological polar surface area (TPSA) is 72.4 Å². The zero-order chi connectivity index (χ0) is 17.8. The maximum Gasteiger partial charge on any atom is 0.319 e. The summed E-state index contributed by atoms with van der Waals surface area (Å²) in [5.41, 5.74) is 1.95. The highest BCUT2D eigenvalue weighted by Crippen LogP contribution is 2.27. The lowest BCUT2D eigenvalue weighted by Crippen LogP contribution is -2.43. The lowest BCUT2D eigenvalue weighted by molar-refractivity contribution is 0.00253. The quantitative estimate of drug-likeness (QED) is 0.902. The molecule has 2 atom stereocenters. The molecule has 1 fully saturated rings. The first-order valence-corrected chi connectivity index (χ1v) is 8.45. The Kier molecular flexibility index (Phi) is 5.19. The molecule has 25 heavy (non-hydrogen) atoms. The average Bonchev–Trinajstić information content (AvgIpc) is 2.63. The summed E-state index contributed by atoms with van der Waals surface area (Å²) < 4.78 is 7.27. The molecular weight excluding hydrogens is 318 g/mol. The van der Waals surface area contributed by atoms with E-state index < -0.39 is 0 Å². The molecule has 0 aliphatic carbocycles. The second kappa shape index (κ2) is 7.53. The number of carbonyl (C=O) groups is 1. The van der Waals surface area contributed by atoms with E-state index in [1.54, 1.807) is 26.2 Å². The number of hydrogen-bond acceptors (Lipinski definition) is 3. The van der Waals surface area contributed by atoms with Gasteiger partial charge in [-0.15, -0.1) is 0 Å². The summed E-state index contributed by atoms with van der Waals surface area (Å²) in [6.07, 6.45) is 3.13. The van der Waals surface area contributed by atoms with Crippen LogP contribution in [0.3, 0.4) is 0 Å². The van der Waals surface area contributed by atoms with Crippen LogP contribution >= 0.6 is 0 Å². The predicted octanol–water partition coefficient (Wildman–Crippen LogP) is 2.74. The number of benzene rings is 1. The van der Waals surface area contributed by atoms with Gasteiger partial charge in [-0.05, 0) is 37.0 Å². The van der Waals surface area contributed by atoms with Crippen molar-refractivity contribution in [3.63, 3.8) is 0 Å². The van der Waals surface area contributed by atoms with Crippen molar-refractivity contribution in [3.8, 4) is 0 Å². The molecule has 0 saturated carbocycles. The Balaban J connectivity index is 1.63. The monoisotopic (exact) mass is 341 g/mol. The van der Waals surface area contributed by atoms with Crippen LogP contribution in [0, 0.1) is 6.92 Å². The van der Waals surface area contributed by atoms with E-state index in [9.17, 15) is 9.59 Å². The molecule has 2 heterocycles. The highest BCUT2D eigenvalue weighted by Gasteiger charge is 2.25. The van der Waals surface area contributed by atoms with Crippen molar-refractivity contribution in [2.75, 3.05) is 11.9 Å². The number of ether oxygens (including phenoxy) is 1. The summed E-state index contributed by atoms with van der Waals surface area (Å²) in [5, 5.41) is 5.66. The van der Waals surface area contributed by atoms with E-state index in [1.165, 1.54) is 4.57 Å². The molecule has 0 bridgehead atoms. The molecule has 1 saturated heterocycles. The van der Waals surface area contributed by atoms with Crippen LogP contribution in [0.5, 0.6) is 0 Å². The van der Waals surface area contributed by atoms with Gasteiger partial charge >= 0.3 is 6.03 Å². The van der Waals surface area contributed by atoms with Crippen molar-refractivity contribution in [1.29, 1.82) is 0 Å². The highest BCUT2D eigenvalue weighted by atomic mass is 16.5. The van der Waals surface area contributed by atoms with Crippen molar-refractivity contribution >= 4 is 11.7 Å². The Hall–Kier alpha value is -2.60. The maximum atomic E-state index is 12.3. The predicted molar refractivity (Wildman–Crippen MR) is 96.7 cm³/mol. The van der Waals surface area contributed by atoms with Crippen LogP contribution in [-0.4, -0.2) is 23.2 Å². The van der Waals surface area contributed by atoms with Crippen LogP contribution < -0.4 is 16.2 Å². The van der Waals surface area contributed by atoms with Crippen LogP contribution in [0.1, 0.15) is 30.1 Å². The molecule has 1 aromatic carbocycles.